The Morgan fingerprint density at radius 1 is 0.968 bits per heavy atom. The van der Waals surface area contributed by atoms with Gasteiger partial charge in [-0.15, -0.1) is 0 Å². The lowest BCUT2D eigenvalue weighted by Crippen LogP contribution is -2.43. The number of nitrogens with zero attached hydrogens (tertiary/aromatic N) is 4. The standard InChI is InChI=1S/C27H35N4/c1-18(2)30-21(5)31(24-13-10-9-12-23(24)30)26-17-22(27(6,7)8)16-25(19(26)3)29-15-11-14-28-20(29)4/h9-18,21H,1-8H3/q+1/t21-/m1/s1. The van der Waals surface area contributed by atoms with Crippen molar-refractivity contribution in [1.29, 1.82) is 0 Å². The van der Waals surface area contributed by atoms with Crippen LogP contribution in [-0.2, 0) is 5.41 Å². The van der Waals surface area contributed by atoms with Gasteiger partial charge in [0.25, 0.3) is 5.82 Å². The third-order valence-electron chi connectivity index (χ3n) is 6.42. The third-order valence-corrected chi connectivity index (χ3v) is 6.42. The highest BCUT2D eigenvalue weighted by Gasteiger charge is 2.37. The smallest absolute Gasteiger partial charge is 0.300 e. The summed E-state index contributed by atoms with van der Waals surface area (Å²) in [6.07, 6.45) is 4.21. The molecular weight excluding hydrogens is 380 g/mol. The fourth-order valence-corrected chi connectivity index (χ4v) is 4.77. The van der Waals surface area contributed by atoms with Gasteiger partial charge in [0.05, 0.1) is 17.1 Å². The molecule has 31 heavy (non-hydrogen) atoms. The van der Waals surface area contributed by atoms with Gasteiger partial charge in [-0.1, -0.05) is 37.9 Å². The number of anilines is 3. The largest absolute Gasteiger partial charge is 0.347 e. The van der Waals surface area contributed by atoms with E-state index in [4.69, 9.17) is 0 Å². The summed E-state index contributed by atoms with van der Waals surface area (Å²) in [5.74, 6) is 0.987. The first-order valence-corrected chi connectivity index (χ1v) is 11.3. The molecule has 1 atom stereocenters. The van der Waals surface area contributed by atoms with Gasteiger partial charge in [-0.2, -0.15) is 0 Å². The molecule has 1 aromatic heterocycles. The molecule has 0 radical (unpaired) electrons. The molecule has 0 spiro atoms. The molecule has 2 aromatic carbocycles. The summed E-state index contributed by atoms with van der Waals surface area (Å²) in [6, 6.07) is 15.9. The monoisotopic (exact) mass is 415 g/mol. The van der Waals surface area contributed by atoms with Crippen molar-refractivity contribution in [3.63, 3.8) is 0 Å². The van der Waals surface area contributed by atoms with Crippen LogP contribution in [0, 0.1) is 13.8 Å². The summed E-state index contributed by atoms with van der Waals surface area (Å²) in [7, 11) is 0. The van der Waals surface area contributed by atoms with Gasteiger partial charge in [-0.25, -0.2) is 4.57 Å². The van der Waals surface area contributed by atoms with Crippen molar-refractivity contribution in [2.75, 3.05) is 9.80 Å². The van der Waals surface area contributed by atoms with Gasteiger partial charge in [0.2, 0.25) is 0 Å². The van der Waals surface area contributed by atoms with Crippen LogP contribution in [0.4, 0.5) is 17.1 Å². The lowest BCUT2D eigenvalue weighted by Gasteiger charge is -2.34. The Balaban J connectivity index is 1.99. The number of hydrogen-bond donors (Lipinski definition) is 0. The van der Waals surface area contributed by atoms with Gasteiger partial charge in [0.15, 0.2) is 0 Å². The molecule has 0 saturated heterocycles. The summed E-state index contributed by atoms with van der Waals surface area (Å²) in [4.78, 5) is 9.57. The van der Waals surface area contributed by atoms with Crippen LogP contribution in [0.15, 0.2) is 54.9 Å². The quantitative estimate of drug-likeness (QED) is 0.491. The minimum Gasteiger partial charge on any atom is -0.347 e. The van der Waals surface area contributed by atoms with E-state index in [9.17, 15) is 0 Å². The lowest BCUT2D eigenvalue weighted by molar-refractivity contribution is -0.606. The van der Waals surface area contributed by atoms with E-state index >= 15 is 0 Å². The number of rotatable bonds is 3. The minimum absolute atomic E-state index is 0.0358. The van der Waals surface area contributed by atoms with Crippen LogP contribution in [0.1, 0.15) is 58.5 Å². The van der Waals surface area contributed by atoms with Gasteiger partial charge in [-0.3, -0.25) is 0 Å². The molecule has 1 aliphatic rings. The van der Waals surface area contributed by atoms with Crippen molar-refractivity contribution in [3.05, 3.63) is 71.8 Å². The van der Waals surface area contributed by atoms with Crippen LogP contribution in [-0.4, -0.2) is 17.2 Å². The molecule has 0 N–H and O–H groups in total. The maximum Gasteiger partial charge on any atom is 0.300 e. The van der Waals surface area contributed by atoms with Gasteiger partial charge in [0.1, 0.15) is 24.2 Å². The zero-order chi connectivity index (χ0) is 22.5. The van der Waals surface area contributed by atoms with Gasteiger partial charge in [-0.05, 0) is 62.9 Å². The Kier molecular flexibility index (Phi) is 5.28. The highest BCUT2D eigenvalue weighted by molar-refractivity contribution is 5.85. The fourth-order valence-electron chi connectivity index (χ4n) is 4.77. The molecule has 4 nitrogen and oxygen atoms in total. The highest BCUT2D eigenvalue weighted by atomic mass is 15.4. The number of para-hydroxylation sites is 2. The summed E-state index contributed by atoms with van der Waals surface area (Å²) < 4.78 is 2.21. The molecule has 4 rings (SSSR count). The average Bonchev–Trinajstić information content (AvgIpc) is 3.00. The van der Waals surface area contributed by atoms with Crippen molar-refractivity contribution in [1.82, 2.24) is 4.98 Å². The molecular formula is C27H35N4+. The van der Waals surface area contributed by atoms with Gasteiger partial charge < -0.3 is 9.80 Å². The number of fused-ring (bicyclic) bond motifs is 1. The van der Waals surface area contributed by atoms with Crippen molar-refractivity contribution < 1.29 is 4.57 Å². The molecule has 0 bridgehead atoms. The Labute approximate surface area is 187 Å². The summed E-state index contributed by atoms with van der Waals surface area (Å²) in [6.45, 7) is 18.0. The number of benzene rings is 2. The molecule has 0 unspecified atom stereocenters. The Morgan fingerprint density at radius 2 is 1.65 bits per heavy atom. The van der Waals surface area contributed by atoms with E-state index in [0.717, 1.165) is 5.82 Å². The maximum absolute atomic E-state index is 4.54. The van der Waals surface area contributed by atoms with E-state index < -0.39 is 0 Å². The highest BCUT2D eigenvalue weighted by Crippen LogP contribution is 2.47. The fraction of sp³-hybridized carbons (Fsp3) is 0.407. The van der Waals surface area contributed by atoms with E-state index in [1.807, 2.05) is 12.3 Å². The Morgan fingerprint density at radius 3 is 2.26 bits per heavy atom. The molecule has 1 aliphatic heterocycles. The van der Waals surface area contributed by atoms with E-state index in [1.165, 1.54) is 33.9 Å². The number of hydrogen-bond acceptors (Lipinski definition) is 3. The van der Waals surface area contributed by atoms with Crippen LogP contribution >= 0.6 is 0 Å². The summed E-state index contributed by atoms with van der Waals surface area (Å²) >= 11 is 0. The summed E-state index contributed by atoms with van der Waals surface area (Å²) in [5.41, 5.74) is 7.66. The molecule has 2 heterocycles. The predicted molar refractivity (Wildman–Crippen MR) is 130 cm³/mol. The van der Waals surface area contributed by atoms with Crippen LogP contribution in [0.5, 0.6) is 0 Å². The first-order chi connectivity index (χ1) is 14.6. The van der Waals surface area contributed by atoms with Crippen LogP contribution in [0.3, 0.4) is 0 Å². The molecule has 0 saturated carbocycles. The van der Waals surface area contributed by atoms with Gasteiger partial charge >= 0.3 is 0 Å². The SMILES string of the molecule is Cc1c(N2c3ccccc3N(C(C)C)[C@H]2C)cc(C(C)(C)C)cc1-[n+]1cccnc1C. The normalized spacial score (nSPS) is 16.2. The van der Waals surface area contributed by atoms with E-state index in [1.54, 1.807) is 0 Å². The Hall–Kier alpha value is -2.88. The van der Waals surface area contributed by atoms with E-state index in [2.05, 4.69) is 117 Å². The van der Waals surface area contributed by atoms with Gasteiger partial charge in [0, 0.05) is 24.6 Å². The van der Waals surface area contributed by atoms with Crippen LogP contribution in [0.2, 0.25) is 0 Å². The zero-order valence-corrected chi connectivity index (χ0v) is 20.1. The predicted octanol–water partition coefficient (Wildman–Crippen LogP) is 5.99. The molecule has 0 fully saturated rings. The molecule has 0 amide bonds. The number of aromatic nitrogens is 2. The van der Waals surface area contributed by atoms with Crippen molar-refractivity contribution >= 4 is 17.1 Å². The second-order valence-corrected chi connectivity index (χ2v) is 9.92. The van der Waals surface area contributed by atoms with Crippen LogP contribution in [0.25, 0.3) is 5.69 Å². The van der Waals surface area contributed by atoms with Crippen molar-refractivity contribution in [2.24, 2.45) is 0 Å². The zero-order valence-electron chi connectivity index (χ0n) is 20.1. The topological polar surface area (TPSA) is 23.2 Å². The molecule has 162 valence electrons. The molecule has 4 heteroatoms. The maximum atomic E-state index is 4.54. The summed E-state index contributed by atoms with van der Waals surface area (Å²) in [5, 5.41) is 0. The van der Waals surface area contributed by atoms with Crippen LogP contribution < -0.4 is 14.4 Å². The lowest BCUT2D eigenvalue weighted by atomic mass is 9.85. The van der Waals surface area contributed by atoms with Crippen molar-refractivity contribution in [2.45, 2.75) is 73.0 Å². The number of aryl methyl sites for hydroxylation is 1. The molecule has 3 aromatic rings. The molecule has 0 aliphatic carbocycles. The minimum atomic E-state index is 0.0358. The van der Waals surface area contributed by atoms with E-state index in [0.29, 0.717) is 6.04 Å². The Bertz CT molecular complexity index is 1110. The van der Waals surface area contributed by atoms with Crippen molar-refractivity contribution in [3.8, 4) is 5.69 Å². The third kappa shape index (κ3) is 3.58. The first-order valence-electron chi connectivity index (χ1n) is 11.3. The average molecular weight is 416 g/mol. The first kappa shape index (κ1) is 21.4. The second kappa shape index (κ2) is 7.67. The van der Waals surface area contributed by atoms with E-state index in [-0.39, 0.29) is 11.6 Å². The second-order valence-electron chi connectivity index (χ2n) is 9.92.